The normalized spacial score (nSPS) is 13.7. The Kier molecular flexibility index (Phi) is 23.3. The minimum atomic E-state index is 0.938. The van der Waals surface area contributed by atoms with E-state index in [1.54, 1.807) is 0 Å². The first-order valence-corrected chi connectivity index (χ1v) is 13.7. The van der Waals surface area contributed by atoms with Gasteiger partial charge in [-0.15, -0.1) is 0 Å². The van der Waals surface area contributed by atoms with Gasteiger partial charge in [0, 0.05) is 0 Å². The van der Waals surface area contributed by atoms with Crippen molar-refractivity contribution in [1.29, 1.82) is 0 Å². The summed E-state index contributed by atoms with van der Waals surface area (Å²) in [4.78, 5) is 0. The van der Waals surface area contributed by atoms with Crippen LogP contribution in [0.3, 0.4) is 0 Å². The summed E-state index contributed by atoms with van der Waals surface area (Å²) in [6.45, 7) is 9.63. The van der Waals surface area contributed by atoms with E-state index in [4.69, 9.17) is 0 Å². The molecule has 0 aliphatic rings. The van der Waals surface area contributed by atoms with Crippen molar-refractivity contribution in [2.75, 3.05) is 0 Å². The lowest BCUT2D eigenvalue weighted by atomic mass is 9.86. The van der Waals surface area contributed by atoms with Crippen molar-refractivity contribution < 1.29 is 0 Å². The van der Waals surface area contributed by atoms with Crippen LogP contribution in [0, 0.1) is 11.8 Å². The second kappa shape index (κ2) is 23.3. The Labute approximate surface area is 181 Å². The molecule has 0 aromatic heterocycles. The zero-order chi connectivity index (χ0) is 20.7. The molecule has 0 aromatic carbocycles. The molecule has 28 heavy (non-hydrogen) atoms. The van der Waals surface area contributed by atoms with Gasteiger partial charge >= 0.3 is 0 Å². The van der Waals surface area contributed by atoms with Crippen LogP contribution >= 0.6 is 0 Å². The Hall–Kier alpha value is 0. The van der Waals surface area contributed by atoms with Crippen LogP contribution in [0.15, 0.2) is 0 Å². The minimum absolute atomic E-state index is 0.938. The Balaban J connectivity index is 3.30. The number of hydrogen-bond acceptors (Lipinski definition) is 0. The molecular formula is C28H58. The molecule has 0 heterocycles. The number of unbranched alkanes of at least 4 members (excludes halogenated alkanes) is 18. The standard InChI is InChI=1S/C28H58/c1-5-7-9-11-13-15-17-19-21-23-25-27(3)28(4)26-24-22-20-18-16-14-12-10-8-6-2/h27-28H,5-26H2,1-4H3. The highest BCUT2D eigenvalue weighted by Gasteiger charge is 2.11. The fourth-order valence-electron chi connectivity index (χ4n) is 4.48. The number of rotatable bonds is 23. The molecule has 0 saturated heterocycles. The molecule has 0 saturated carbocycles. The van der Waals surface area contributed by atoms with Gasteiger partial charge in [0.05, 0.1) is 0 Å². The molecule has 0 heteroatoms. The van der Waals surface area contributed by atoms with Gasteiger partial charge in [0.15, 0.2) is 0 Å². The van der Waals surface area contributed by atoms with Crippen molar-refractivity contribution in [3.63, 3.8) is 0 Å². The predicted octanol–water partition coefficient (Wildman–Crippen LogP) is 10.9. The summed E-state index contributed by atoms with van der Waals surface area (Å²) in [6, 6.07) is 0. The summed E-state index contributed by atoms with van der Waals surface area (Å²) in [7, 11) is 0. The molecule has 0 N–H and O–H groups in total. The van der Waals surface area contributed by atoms with Crippen molar-refractivity contribution in [2.45, 2.75) is 169 Å². The molecule has 0 fully saturated rings. The maximum absolute atomic E-state index is 2.51. The van der Waals surface area contributed by atoms with Crippen molar-refractivity contribution in [2.24, 2.45) is 11.8 Å². The topological polar surface area (TPSA) is 0 Å². The molecule has 2 unspecified atom stereocenters. The molecule has 0 aliphatic carbocycles. The van der Waals surface area contributed by atoms with Crippen molar-refractivity contribution in [3.05, 3.63) is 0 Å². The van der Waals surface area contributed by atoms with Gasteiger partial charge in [0.2, 0.25) is 0 Å². The molecule has 0 aliphatic heterocycles. The highest BCUT2D eigenvalue weighted by molar-refractivity contribution is 4.63. The third kappa shape index (κ3) is 20.7. The molecule has 0 spiro atoms. The van der Waals surface area contributed by atoms with Crippen LogP contribution in [0.5, 0.6) is 0 Å². The van der Waals surface area contributed by atoms with Crippen molar-refractivity contribution in [3.8, 4) is 0 Å². The van der Waals surface area contributed by atoms with E-state index in [0.29, 0.717) is 0 Å². The zero-order valence-corrected chi connectivity index (χ0v) is 20.7. The molecule has 0 amide bonds. The van der Waals surface area contributed by atoms with Gasteiger partial charge in [0.25, 0.3) is 0 Å². The molecule has 0 rings (SSSR count). The Morgan fingerprint density at radius 2 is 0.536 bits per heavy atom. The van der Waals surface area contributed by atoms with Gasteiger partial charge in [-0.1, -0.05) is 169 Å². The van der Waals surface area contributed by atoms with Crippen LogP contribution in [0.1, 0.15) is 169 Å². The molecule has 170 valence electrons. The molecule has 0 aromatic rings. The van der Waals surface area contributed by atoms with Gasteiger partial charge in [-0.25, -0.2) is 0 Å². The zero-order valence-electron chi connectivity index (χ0n) is 20.7. The summed E-state index contributed by atoms with van der Waals surface area (Å²) < 4.78 is 0. The van der Waals surface area contributed by atoms with Gasteiger partial charge in [0.1, 0.15) is 0 Å². The smallest absolute Gasteiger partial charge is 0.0417 e. The fourth-order valence-corrected chi connectivity index (χ4v) is 4.48. The van der Waals surface area contributed by atoms with Crippen molar-refractivity contribution in [1.82, 2.24) is 0 Å². The van der Waals surface area contributed by atoms with Crippen LogP contribution in [-0.2, 0) is 0 Å². The van der Waals surface area contributed by atoms with E-state index in [2.05, 4.69) is 27.7 Å². The van der Waals surface area contributed by atoms with Crippen LogP contribution in [0.4, 0.5) is 0 Å². The van der Waals surface area contributed by atoms with Gasteiger partial charge in [-0.05, 0) is 11.8 Å². The SMILES string of the molecule is CCCCCCCCCCCCC(C)C(C)CCCCCCCCCCCC. The summed E-state index contributed by atoms with van der Waals surface area (Å²) in [5.74, 6) is 1.88. The maximum atomic E-state index is 2.51. The van der Waals surface area contributed by atoms with E-state index in [9.17, 15) is 0 Å². The van der Waals surface area contributed by atoms with E-state index in [1.807, 2.05) is 0 Å². The Morgan fingerprint density at radius 1 is 0.321 bits per heavy atom. The van der Waals surface area contributed by atoms with E-state index in [-0.39, 0.29) is 0 Å². The lowest BCUT2D eigenvalue weighted by Gasteiger charge is -2.19. The molecular weight excluding hydrogens is 336 g/mol. The second-order valence-electron chi connectivity index (χ2n) is 9.90. The predicted molar refractivity (Wildman–Crippen MR) is 131 cm³/mol. The Bertz CT molecular complexity index is 241. The second-order valence-corrected chi connectivity index (χ2v) is 9.90. The molecule has 2 atom stereocenters. The molecule has 0 radical (unpaired) electrons. The molecule has 0 nitrogen and oxygen atoms in total. The van der Waals surface area contributed by atoms with E-state index >= 15 is 0 Å². The summed E-state index contributed by atoms with van der Waals surface area (Å²) >= 11 is 0. The summed E-state index contributed by atoms with van der Waals surface area (Å²) in [5, 5.41) is 0. The highest BCUT2D eigenvalue weighted by Crippen LogP contribution is 2.24. The highest BCUT2D eigenvalue weighted by atomic mass is 14.2. The minimum Gasteiger partial charge on any atom is -0.0654 e. The number of hydrogen-bond donors (Lipinski definition) is 0. The average molecular weight is 395 g/mol. The van der Waals surface area contributed by atoms with E-state index in [1.165, 1.54) is 141 Å². The van der Waals surface area contributed by atoms with Gasteiger partial charge in [-0.2, -0.15) is 0 Å². The quantitative estimate of drug-likeness (QED) is 0.151. The first-order valence-electron chi connectivity index (χ1n) is 13.7. The lowest BCUT2D eigenvalue weighted by molar-refractivity contribution is 0.322. The lowest BCUT2D eigenvalue weighted by Crippen LogP contribution is -2.08. The maximum Gasteiger partial charge on any atom is -0.0417 e. The van der Waals surface area contributed by atoms with Gasteiger partial charge < -0.3 is 0 Å². The fraction of sp³-hybridized carbons (Fsp3) is 1.00. The third-order valence-corrected chi connectivity index (χ3v) is 7.00. The largest absolute Gasteiger partial charge is 0.0654 e. The van der Waals surface area contributed by atoms with Crippen LogP contribution in [0.2, 0.25) is 0 Å². The van der Waals surface area contributed by atoms with Crippen LogP contribution < -0.4 is 0 Å². The van der Waals surface area contributed by atoms with Crippen molar-refractivity contribution >= 4 is 0 Å². The first kappa shape index (κ1) is 28.0. The average Bonchev–Trinajstić information content (AvgIpc) is 2.70. The first-order chi connectivity index (χ1) is 13.7. The summed E-state index contributed by atoms with van der Waals surface area (Å²) in [5.41, 5.74) is 0. The van der Waals surface area contributed by atoms with E-state index < -0.39 is 0 Å². The van der Waals surface area contributed by atoms with Crippen LogP contribution in [0.25, 0.3) is 0 Å². The van der Waals surface area contributed by atoms with Gasteiger partial charge in [-0.3, -0.25) is 0 Å². The monoisotopic (exact) mass is 394 g/mol. The third-order valence-electron chi connectivity index (χ3n) is 7.00. The summed E-state index contributed by atoms with van der Waals surface area (Å²) in [6.07, 6.45) is 32.2. The van der Waals surface area contributed by atoms with E-state index in [0.717, 1.165) is 11.8 Å². The molecule has 0 bridgehead atoms. The Morgan fingerprint density at radius 3 is 0.786 bits per heavy atom. The van der Waals surface area contributed by atoms with Crippen LogP contribution in [-0.4, -0.2) is 0 Å².